The second-order valence-electron chi connectivity index (χ2n) is 8.59. The average molecular weight is 462 g/mol. The molecule has 0 unspecified atom stereocenters. The van der Waals surface area contributed by atoms with Gasteiger partial charge in [-0.1, -0.05) is 30.3 Å². The van der Waals surface area contributed by atoms with Crippen LogP contribution in [0.25, 0.3) is 16.5 Å². The summed E-state index contributed by atoms with van der Waals surface area (Å²) >= 11 is 0. The Balaban J connectivity index is 1.69. The molecule has 1 N–H and O–H groups in total. The van der Waals surface area contributed by atoms with Gasteiger partial charge in [-0.3, -0.25) is 14.2 Å². The molecule has 1 heterocycles. The van der Waals surface area contributed by atoms with Gasteiger partial charge in [-0.05, 0) is 67.6 Å². The molecule has 0 radical (unpaired) electrons. The Morgan fingerprint density at radius 1 is 0.971 bits per heavy atom. The third-order valence-corrected chi connectivity index (χ3v) is 6.28. The van der Waals surface area contributed by atoms with E-state index in [9.17, 15) is 22.8 Å². The molecule has 0 saturated heterocycles. The molecular formula is C27H21F3N2O2. The van der Waals surface area contributed by atoms with Gasteiger partial charge in [-0.15, -0.1) is 0 Å². The highest BCUT2D eigenvalue weighted by atomic mass is 19.1. The van der Waals surface area contributed by atoms with Gasteiger partial charge in [0.05, 0.1) is 22.7 Å². The Hall–Kier alpha value is -3.87. The van der Waals surface area contributed by atoms with E-state index in [0.29, 0.717) is 5.56 Å². The van der Waals surface area contributed by atoms with Crippen molar-refractivity contribution in [2.75, 3.05) is 0 Å². The van der Waals surface area contributed by atoms with Crippen LogP contribution in [0.3, 0.4) is 0 Å². The Bertz CT molecular complexity index is 1490. The van der Waals surface area contributed by atoms with Gasteiger partial charge in [-0.2, -0.15) is 0 Å². The summed E-state index contributed by atoms with van der Waals surface area (Å²) in [5, 5.41) is 2.90. The molecule has 3 aromatic carbocycles. The van der Waals surface area contributed by atoms with E-state index in [1.165, 1.54) is 42.5 Å². The van der Waals surface area contributed by atoms with Crippen LogP contribution in [0.5, 0.6) is 0 Å². The van der Waals surface area contributed by atoms with Crippen molar-refractivity contribution in [2.24, 2.45) is 5.92 Å². The van der Waals surface area contributed by atoms with Gasteiger partial charge >= 0.3 is 0 Å². The standard InChI is InChI=1S/C27H21F3N2O2/c1-15-23(26(33)31-25(16-11-12-16)17-5-2-6-18(28)13-17)21-9-4-10-22(30)24(21)27(34)32(15)20-8-3-7-19(29)14-20/h2-10,13-14,16,25H,11-12H2,1H3,(H,31,33)/t25-/m0/s1. The van der Waals surface area contributed by atoms with E-state index in [1.807, 2.05) is 0 Å². The van der Waals surface area contributed by atoms with E-state index in [1.54, 1.807) is 19.1 Å². The minimum atomic E-state index is -0.773. The molecule has 0 spiro atoms. The average Bonchev–Trinajstić information content (AvgIpc) is 3.63. The maximum absolute atomic E-state index is 14.8. The van der Waals surface area contributed by atoms with Crippen LogP contribution >= 0.6 is 0 Å². The number of rotatable bonds is 5. The number of carbonyl (C=O) groups is 1. The molecule has 4 nitrogen and oxygen atoms in total. The van der Waals surface area contributed by atoms with Gasteiger partial charge in [0, 0.05) is 11.1 Å². The van der Waals surface area contributed by atoms with Gasteiger partial charge in [0.15, 0.2) is 0 Å². The summed E-state index contributed by atoms with van der Waals surface area (Å²) in [6, 6.07) is 15.1. The van der Waals surface area contributed by atoms with Gasteiger partial charge in [0.25, 0.3) is 11.5 Å². The molecule has 1 aliphatic rings. The van der Waals surface area contributed by atoms with Crippen LogP contribution in [0.4, 0.5) is 13.2 Å². The van der Waals surface area contributed by atoms with Gasteiger partial charge in [0.2, 0.25) is 0 Å². The van der Waals surface area contributed by atoms with Crippen LogP contribution in [0, 0.1) is 30.3 Å². The SMILES string of the molecule is Cc1c(C(=O)N[C@H](c2cccc(F)c2)C2CC2)c2cccc(F)c2c(=O)n1-c1cccc(F)c1. The zero-order valence-corrected chi connectivity index (χ0v) is 18.3. The summed E-state index contributed by atoms with van der Waals surface area (Å²) in [5.74, 6) is -2.10. The van der Waals surface area contributed by atoms with Crippen LogP contribution < -0.4 is 10.9 Å². The van der Waals surface area contributed by atoms with Crippen molar-refractivity contribution in [1.29, 1.82) is 0 Å². The zero-order chi connectivity index (χ0) is 24.0. The second kappa shape index (κ2) is 8.48. The van der Waals surface area contributed by atoms with Gasteiger partial charge in [0.1, 0.15) is 17.5 Å². The van der Waals surface area contributed by atoms with E-state index in [0.717, 1.165) is 29.5 Å². The van der Waals surface area contributed by atoms with Gasteiger partial charge < -0.3 is 5.32 Å². The fraction of sp³-hybridized carbons (Fsp3) is 0.185. The highest BCUT2D eigenvalue weighted by Gasteiger charge is 2.34. The number of pyridine rings is 1. The Kier molecular flexibility index (Phi) is 5.48. The predicted molar refractivity (Wildman–Crippen MR) is 124 cm³/mol. The molecule has 0 bridgehead atoms. The van der Waals surface area contributed by atoms with Crippen molar-refractivity contribution >= 4 is 16.7 Å². The molecule has 1 atom stereocenters. The first-order valence-electron chi connectivity index (χ1n) is 11.0. The first kappa shape index (κ1) is 21.9. The molecule has 1 aliphatic carbocycles. The summed E-state index contributed by atoms with van der Waals surface area (Å²) < 4.78 is 43.8. The first-order valence-corrected chi connectivity index (χ1v) is 11.0. The number of carbonyl (C=O) groups excluding carboxylic acids is 1. The van der Waals surface area contributed by atoms with Gasteiger partial charge in [-0.25, -0.2) is 13.2 Å². The van der Waals surface area contributed by atoms with E-state index < -0.39 is 35.0 Å². The maximum atomic E-state index is 14.8. The maximum Gasteiger partial charge on any atom is 0.266 e. The molecule has 7 heteroatoms. The lowest BCUT2D eigenvalue weighted by Crippen LogP contribution is -2.33. The molecule has 1 saturated carbocycles. The molecule has 1 fully saturated rings. The third kappa shape index (κ3) is 3.87. The number of hydrogen-bond donors (Lipinski definition) is 1. The lowest BCUT2D eigenvalue weighted by Gasteiger charge is -2.22. The summed E-state index contributed by atoms with van der Waals surface area (Å²) in [4.78, 5) is 26.9. The summed E-state index contributed by atoms with van der Waals surface area (Å²) in [7, 11) is 0. The highest BCUT2D eigenvalue weighted by molar-refractivity contribution is 6.08. The minimum absolute atomic E-state index is 0.111. The summed E-state index contributed by atoms with van der Waals surface area (Å²) in [6.07, 6.45) is 1.78. The minimum Gasteiger partial charge on any atom is -0.345 e. The Morgan fingerprint density at radius 2 is 1.65 bits per heavy atom. The van der Waals surface area contributed by atoms with E-state index in [-0.39, 0.29) is 33.6 Å². The van der Waals surface area contributed by atoms with Crippen molar-refractivity contribution in [1.82, 2.24) is 9.88 Å². The zero-order valence-electron chi connectivity index (χ0n) is 18.3. The lowest BCUT2D eigenvalue weighted by molar-refractivity contribution is 0.0932. The topological polar surface area (TPSA) is 51.1 Å². The molecule has 34 heavy (non-hydrogen) atoms. The number of aromatic nitrogens is 1. The molecule has 5 rings (SSSR count). The van der Waals surface area contributed by atoms with E-state index in [2.05, 4.69) is 5.32 Å². The van der Waals surface area contributed by atoms with E-state index >= 15 is 0 Å². The second-order valence-corrected chi connectivity index (χ2v) is 8.59. The van der Waals surface area contributed by atoms with Crippen molar-refractivity contribution in [3.05, 3.63) is 111 Å². The smallest absolute Gasteiger partial charge is 0.266 e. The molecule has 1 amide bonds. The molecule has 172 valence electrons. The summed E-state index contributed by atoms with van der Waals surface area (Å²) in [5.41, 5.74) is 0.505. The normalized spacial score (nSPS) is 14.2. The predicted octanol–water partition coefficient (Wildman–Crippen LogP) is 5.60. The number of benzene rings is 3. The van der Waals surface area contributed by atoms with Crippen LogP contribution in [-0.2, 0) is 0 Å². The molecule has 0 aliphatic heterocycles. The van der Waals surface area contributed by atoms with Crippen molar-refractivity contribution in [3.8, 4) is 5.69 Å². The van der Waals surface area contributed by atoms with Crippen LogP contribution in [0.15, 0.2) is 71.5 Å². The summed E-state index contributed by atoms with van der Waals surface area (Å²) in [6.45, 7) is 1.57. The Labute approximate surface area is 193 Å². The van der Waals surface area contributed by atoms with Crippen molar-refractivity contribution in [3.63, 3.8) is 0 Å². The van der Waals surface area contributed by atoms with Crippen LogP contribution in [0.2, 0.25) is 0 Å². The Morgan fingerprint density at radius 3 is 2.32 bits per heavy atom. The van der Waals surface area contributed by atoms with Crippen molar-refractivity contribution in [2.45, 2.75) is 25.8 Å². The number of amides is 1. The first-order chi connectivity index (χ1) is 16.3. The largest absolute Gasteiger partial charge is 0.345 e. The number of hydrogen-bond acceptors (Lipinski definition) is 2. The van der Waals surface area contributed by atoms with E-state index in [4.69, 9.17) is 0 Å². The highest BCUT2D eigenvalue weighted by Crippen LogP contribution is 2.41. The monoisotopic (exact) mass is 462 g/mol. The molecule has 4 aromatic rings. The fourth-order valence-corrected chi connectivity index (χ4v) is 4.55. The number of nitrogens with zero attached hydrogens (tertiary/aromatic N) is 1. The molecular weight excluding hydrogens is 441 g/mol. The van der Waals surface area contributed by atoms with Crippen molar-refractivity contribution < 1.29 is 18.0 Å². The quantitative estimate of drug-likeness (QED) is 0.420. The third-order valence-electron chi connectivity index (χ3n) is 6.28. The number of nitrogens with one attached hydrogen (secondary N) is 1. The number of halogens is 3. The number of fused-ring (bicyclic) bond motifs is 1. The fourth-order valence-electron chi connectivity index (χ4n) is 4.55. The van der Waals surface area contributed by atoms with Crippen LogP contribution in [-0.4, -0.2) is 10.5 Å². The van der Waals surface area contributed by atoms with Crippen LogP contribution in [0.1, 0.15) is 40.5 Å². The molecule has 1 aromatic heterocycles. The lowest BCUT2D eigenvalue weighted by atomic mass is 9.99.